The van der Waals surface area contributed by atoms with Crippen molar-refractivity contribution in [2.75, 3.05) is 11.9 Å². The minimum Gasteiger partial charge on any atom is -0.476 e. The summed E-state index contributed by atoms with van der Waals surface area (Å²) in [4.78, 5) is 52.0. The maximum absolute atomic E-state index is 13.5. The molecule has 0 spiro atoms. The normalized spacial score (nSPS) is 25.5. The van der Waals surface area contributed by atoms with Crippen LogP contribution in [0.5, 0.6) is 0 Å². The highest BCUT2D eigenvalue weighted by molar-refractivity contribution is 7.22. The summed E-state index contributed by atoms with van der Waals surface area (Å²) in [6, 6.07) is 18.1. The van der Waals surface area contributed by atoms with Gasteiger partial charge >= 0.3 is 5.97 Å². The quantitative estimate of drug-likeness (QED) is 0.0770. The Hall–Kier alpha value is -5.36. The Morgan fingerprint density at radius 2 is 1.77 bits per heavy atom. The van der Waals surface area contributed by atoms with Crippen LogP contribution >= 0.6 is 11.3 Å². The highest BCUT2D eigenvalue weighted by atomic mass is 32.1. The third-order valence-electron chi connectivity index (χ3n) is 12.0. The van der Waals surface area contributed by atoms with Crippen molar-refractivity contribution in [1.29, 1.82) is 5.41 Å². The van der Waals surface area contributed by atoms with Gasteiger partial charge in [-0.25, -0.2) is 14.8 Å². The minimum absolute atomic E-state index is 0.0418. The van der Waals surface area contributed by atoms with Crippen molar-refractivity contribution in [3.05, 3.63) is 94.3 Å². The van der Waals surface area contributed by atoms with Crippen molar-refractivity contribution in [2.24, 2.45) is 21.4 Å². The van der Waals surface area contributed by atoms with Gasteiger partial charge in [-0.15, -0.1) is 0 Å². The first-order valence-corrected chi connectivity index (χ1v) is 18.7. The summed E-state index contributed by atoms with van der Waals surface area (Å²) in [5.41, 5.74) is 3.07. The summed E-state index contributed by atoms with van der Waals surface area (Å²) in [6.07, 6.45) is 6.94. The zero-order valence-electron chi connectivity index (χ0n) is 30.5. The van der Waals surface area contributed by atoms with E-state index in [2.05, 4.69) is 58.5 Å². The maximum Gasteiger partial charge on any atom is 0.355 e. The topological polar surface area (TPSA) is 170 Å². The molecule has 2 aromatic carbocycles. The van der Waals surface area contributed by atoms with Crippen LogP contribution in [0.2, 0.25) is 0 Å². The third kappa shape index (κ3) is 6.39. The molecule has 53 heavy (non-hydrogen) atoms. The van der Waals surface area contributed by atoms with Gasteiger partial charge in [-0.1, -0.05) is 68.8 Å². The fourth-order valence-corrected chi connectivity index (χ4v) is 10.0. The van der Waals surface area contributed by atoms with E-state index in [0.29, 0.717) is 62.7 Å². The number of benzene rings is 2. The number of nitrogens with one attached hydrogen (secondary N) is 3. The summed E-state index contributed by atoms with van der Waals surface area (Å²) in [7, 11) is 0. The second-order valence-electron chi connectivity index (χ2n) is 15.8. The summed E-state index contributed by atoms with van der Waals surface area (Å²) in [5, 5.41) is 29.9. The van der Waals surface area contributed by atoms with Crippen LogP contribution in [-0.2, 0) is 0 Å². The Balaban J connectivity index is 1.17. The smallest absolute Gasteiger partial charge is 0.355 e. The lowest BCUT2D eigenvalue weighted by Gasteiger charge is -2.49. The number of nitroso groups, excluding NO2 is 1. The molecule has 3 heterocycles. The van der Waals surface area contributed by atoms with Crippen molar-refractivity contribution >= 4 is 61.3 Å². The Labute approximate surface area is 311 Å². The summed E-state index contributed by atoms with van der Waals surface area (Å²) >= 11 is 1.39. The van der Waals surface area contributed by atoms with Crippen molar-refractivity contribution in [3.63, 3.8) is 0 Å². The van der Waals surface area contributed by atoms with Crippen molar-refractivity contribution in [2.45, 2.75) is 72.3 Å². The molecule has 4 unspecified atom stereocenters. The number of carboxylic acids is 1. The third-order valence-corrected chi connectivity index (χ3v) is 12.9. The SMILES string of the molecule is CCC1(C)CC2(N=O)CC(C)(CN/C(C)=C(\C=N)c3ccc(-c4ccc5nccc(C(=O)Nc6nc7ccccc7s6)c5c4)nc3C(=O)O)C(C)(C1)C2. The molecule has 2 aliphatic rings. The standard InChI is InChI=1S/C41H43N7O4S/c1-6-38(3)19-39(4)21-41(20-38,48-52)22-40(39,5)23-44-24(2)29(18-42)26-12-14-30(45-34(26)36(50)51)25-11-13-31-28(17-25)27(15-16-43-31)35(49)47-37-46-32-9-7-8-10-33(32)53-37/h7-18,42,44H,6,19-23H2,1-5H3,(H,50,51)(H,46,47,49)/b29-24+,42-18?. The number of pyridine rings is 2. The number of para-hydroxylation sites is 1. The minimum atomic E-state index is -1.23. The average molecular weight is 730 g/mol. The second-order valence-corrected chi connectivity index (χ2v) is 16.8. The predicted molar refractivity (Wildman–Crippen MR) is 210 cm³/mol. The number of amides is 1. The first kappa shape index (κ1) is 36.0. The van der Waals surface area contributed by atoms with Crippen LogP contribution in [0.3, 0.4) is 0 Å². The lowest BCUT2D eigenvalue weighted by Crippen LogP contribution is -2.45. The molecule has 0 aliphatic heterocycles. The lowest BCUT2D eigenvalue weighted by atomic mass is 9.57. The van der Waals surface area contributed by atoms with Crippen LogP contribution in [0.25, 0.3) is 38.0 Å². The Morgan fingerprint density at radius 1 is 0.981 bits per heavy atom. The van der Waals surface area contributed by atoms with Gasteiger partial charge in [-0.3, -0.25) is 15.1 Å². The highest BCUT2D eigenvalue weighted by Gasteiger charge is 2.65. The highest BCUT2D eigenvalue weighted by Crippen LogP contribution is 2.69. The predicted octanol–water partition coefficient (Wildman–Crippen LogP) is 9.35. The first-order chi connectivity index (χ1) is 25.2. The van der Waals surface area contributed by atoms with Gasteiger partial charge in [0.2, 0.25) is 0 Å². The summed E-state index contributed by atoms with van der Waals surface area (Å²) in [6.45, 7) is 11.3. The number of hydrogen-bond donors (Lipinski definition) is 4. The monoisotopic (exact) mass is 729 g/mol. The van der Waals surface area contributed by atoms with E-state index in [1.807, 2.05) is 31.2 Å². The Kier molecular flexibility index (Phi) is 9.00. The Bertz CT molecular complexity index is 2320. The van der Waals surface area contributed by atoms with Gasteiger partial charge in [-0.2, -0.15) is 4.91 Å². The number of thiazole rings is 1. The number of carbonyl (C=O) groups excluding carboxylic acids is 1. The van der Waals surface area contributed by atoms with Crippen LogP contribution in [0.4, 0.5) is 5.13 Å². The van der Waals surface area contributed by atoms with E-state index in [9.17, 15) is 19.6 Å². The molecule has 5 aromatic rings. The van der Waals surface area contributed by atoms with Gasteiger partial charge in [0, 0.05) is 46.7 Å². The van der Waals surface area contributed by atoms with Crippen molar-refractivity contribution < 1.29 is 14.7 Å². The molecule has 12 heteroatoms. The van der Waals surface area contributed by atoms with E-state index < -0.39 is 11.5 Å². The van der Waals surface area contributed by atoms with E-state index in [0.717, 1.165) is 42.1 Å². The second kappa shape index (κ2) is 13.2. The van der Waals surface area contributed by atoms with E-state index in [-0.39, 0.29) is 27.8 Å². The molecule has 2 fully saturated rings. The molecule has 7 rings (SSSR count). The van der Waals surface area contributed by atoms with Gasteiger partial charge in [0.15, 0.2) is 10.8 Å². The van der Waals surface area contributed by atoms with E-state index in [1.54, 1.807) is 42.6 Å². The van der Waals surface area contributed by atoms with Crippen LogP contribution in [0.1, 0.15) is 93.1 Å². The van der Waals surface area contributed by atoms with Gasteiger partial charge in [0.25, 0.3) is 5.91 Å². The Morgan fingerprint density at radius 3 is 2.49 bits per heavy atom. The maximum atomic E-state index is 13.5. The molecule has 4 atom stereocenters. The van der Waals surface area contributed by atoms with Crippen molar-refractivity contribution in [3.8, 4) is 11.3 Å². The molecule has 0 radical (unpaired) electrons. The number of anilines is 1. The zero-order chi connectivity index (χ0) is 37.8. The molecule has 272 valence electrons. The molecule has 2 saturated carbocycles. The summed E-state index contributed by atoms with van der Waals surface area (Å²) < 4.78 is 0.963. The molecule has 11 nitrogen and oxygen atoms in total. The van der Waals surface area contributed by atoms with E-state index in [1.165, 1.54) is 11.3 Å². The summed E-state index contributed by atoms with van der Waals surface area (Å²) in [5.74, 6) is -1.57. The van der Waals surface area contributed by atoms with Crippen molar-refractivity contribution in [1.82, 2.24) is 20.3 Å². The van der Waals surface area contributed by atoms with Gasteiger partial charge < -0.3 is 15.8 Å². The number of fused-ring (bicyclic) bond motifs is 4. The number of allylic oxidation sites excluding steroid dienone is 2. The lowest BCUT2D eigenvalue weighted by molar-refractivity contribution is 0.0218. The average Bonchev–Trinajstić information content (AvgIpc) is 3.62. The molecule has 0 saturated heterocycles. The number of aromatic carboxylic acids is 1. The molecule has 2 aliphatic carbocycles. The van der Waals surface area contributed by atoms with Crippen LogP contribution in [-0.4, -0.2) is 50.2 Å². The van der Waals surface area contributed by atoms with Crippen LogP contribution in [0.15, 0.2) is 77.7 Å². The fraction of sp³-hybridized carbons (Fsp3) is 0.366. The van der Waals surface area contributed by atoms with Gasteiger partial charge in [0.05, 0.1) is 27.0 Å². The number of carbonyl (C=O) groups is 2. The molecular formula is C41H43N7O4S. The van der Waals surface area contributed by atoms with Gasteiger partial charge in [0.1, 0.15) is 5.54 Å². The largest absolute Gasteiger partial charge is 0.476 e. The molecule has 3 aromatic heterocycles. The molecule has 2 bridgehead atoms. The number of rotatable bonds is 11. The number of aromatic nitrogens is 3. The molecular weight excluding hydrogens is 687 g/mol. The molecule has 1 amide bonds. The van der Waals surface area contributed by atoms with Crippen LogP contribution in [0, 0.1) is 26.6 Å². The number of carboxylic acid groups (broad SMARTS) is 1. The molecule has 4 N–H and O–H groups in total. The van der Waals surface area contributed by atoms with E-state index >= 15 is 0 Å². The first-order valence-electron chi connectivity index (χ1n) is 17.8. The fourth-order valence-electron chi connectivity index (χ4n) is 9.17. The number of hydrogen-bond acceptors (Lipinski definition) is 10. The van der Waals surface area contributed by atoms with Crippen LogP contribution < -0.4 is 10.6 Å². The van der Waals surface area contributed by atoms with E-state index in [4.69, 9.17) is 5.41 Å². The number of nitrogens with zero attached hydrogens (tertiary/aromatic N) is 4. The van der Waals surface area contributed by atoms with Gasteiger partial charge in [-0.05, 0) is 91.3 Å². The zero-order valence-corrected chi connectivity index (χ0v) is 31.4.